The largest absolute Gasteiger partial charge is 0.396 e. The number of aryl methyl sites for hydroxylation is 1. The van der Waals surface area contributed by atoms with E-state index in [-0.39, 0.29) is 24.5 Å². The number of aliphatic hydroxyl groups excluding tert-OH is 1. The molecule has 1 fully saturated rings. The number of piperidine rings is 1. The third-order valence-electron chi connectivity index (χ3n) is 4.84. The number of carbonyl (C=O) groups excluding carboxylic acids is 1. The summed E-state index contributed by atoms with van der Waals surface area (Å²) in [7, 11) is 0. The molecule has 1 aliphatic rings. The Hall–Kier alpha value is -2.11. The highest BCUT2D eigenvalue weighted by Crippen LogP contribution is 2.20. The first-order valence-corrected chi connectivity index (χ1v) is 8.49. The number of likely N-dealkylation sites (tertiary alicyclic amines) is 1. The number of hydrogen-bond acceptors (Lipinski definition) is 3. The van der Waals surface area contributed by atoms with E-state index in [1.165, 1.54) is 5.56 Å². The van der Waals surface area contributed by atoms with Gasteiger partial charge in [0.2, 0.25) is 0 Å². The number of aromatic nitrogens is 1. The van der Waals surface area contributed by atoms with Crippen LogP contribution >= 0.6 is 0 Å². The molecule has 0 radical (unpaired) electrons. The van der Waals surface area contributed by atoms with E-state index < -0.39 is 0 Å². The van der Waals surface area contributed by atoms with Crippen LogP contribution < -0.4 is 5.32 Å². The Morgan fingerprint density at radius 1 is 1.33 bits per heavy atom. The van der Waals surface area contributed by atoms with Gasteiger partial charge in [-0.1, -0.05) is 30.3 Å². The maximum Gasteiger partial charge on any atom is 0.253 e. The zero-order valence-electron chi connectivity index (χ0n) is 14.0. The van der Waals surface area contributed by atoms with E-state index in [4.69, 9.17) is 0 Å². The Labute approximate surface area is 142 Å². The first-order valence-electron chi connectivity index (χ1n) is 8.49. The van der Waals surface area contributed by atoms with E-state index in [0.717, 1.165) is 31.7 Å². The summed E-state index contributed by atoms with van der Waals surface area (Å²) in [5.41, 5.74) is 2.81. The Morgan fingerprint density at radius 3 is 2.79 bits per heavy atom. The van der Waals surface area contributed by atoms with Crippen molar-refractivity contribution in [1.29, 1.82) is 0 Å². The minimum atomic E-state index is -0.0706. The SMILES string of the molecule is Cc1[nH]ccc1C(=O)N[C@H]1CN(Cc2ccccc2)CC[C@@H]1CO. The molecule has 0 bridgehead atoms. The molecule has 0 unspecified atom stereocenters. The lowest BCUT2D eigenvalue weighted by molar-refractivity contribution is 0.0730. The molecular formula is C19H25N3O2. The Morgan fingerprint density at radius 2 is 2.12 bits per heavy atom. The van der Waals surface area contributed by atoms with Crippen molar-refractivity contribution < 1.29 is 9.90 Å². The predicted octanol–water partition coefficient (Wildman–Crippen LogP) is 1.94. The summed E-state index contributed by atoms with van der Waals surface area (Å²) in [6, 6.07) is 12.1. The molecule has 3 N–H and O–H groups in total. The van der Waals surface area contributed by atoms with Gasteiger partial charge in [0.25, 0.3) is 5.91 Å². The highest BCUT2D eigenvalue weighted by Gasteiger charge is 2.30. The van der Waals surface area contributed by atoms with Crippen LogP contribution in [-0.4, -0.2) is 46.6 Å². The van der Waals surface area contributed by atoms with Gasteiger partial charge in [-0.25, -0.2) is 0 Å². The van der Waals surface area contributed by atoms with E-state index >= 15 is 0 Å². The van der Waals surface area contributed by atoms with Crippen molar-refractivity contribution in [2.24, 2.45) is 5.92 Å². The number of H-pyrrole nitrogens is 1. The zero-order valence-corrected chi connectivity index (χ0v) is 14.0. The minimum Gasteiger partial charge on any atom is -0.396 e. The summed E-state index contributed by atoms with van der Waals surface area (Å²) in [5, 5.41) is 12.8. The van der Waals surface area contributed by atoms with Crippen molar-refractivity contribution in [2.45, 2.75) is 25.9 Å². The van der Waals surface area contributed by atoms with Crippen molar-refractivity contribution >= 4 is 5.91 Å². The van der Waals surface area contributed by atoms with E-state index in [2.05, 4.69) is 27.3 Å². The smallest absolute Gasteiger partial charge is 0.253 e. The Kier molecular flexibility index (Phi) is 5.33. The summed E-state index contributed by atoms with van der Waals surface area (Å²) < 4.78 is 0. The lowest BCUT2D eigenvalue weighted by Crippen LogP contribution is -2.53. The number of amides is 1. The molecule has 0 spiro atoms. The summed E-state index contributed by atoms with van der Waals surface area (Å²) in [6.07, 6.45) is 2.66. The van der Waals surface area contributed by atoms with Gasteiger partial charge in [0.1, 0.15) is 0 Å². The van der Waals surface area contributed by atoms with Crippen molar-refractivity contribution in [3.8, 4) is 0 Å². The summed E-state index contributed by atoms with van der Waals surface area (Å²) >= 11 is 0. The van der Waals surface area contributed by atoms with Crippen LogP contribution in [0.2, 0.25) is 0 Å². The number of rotatable bonds is 5. The van der Waals surface area contributed by atoms with Gasteiger partial charge in [0.05, 0.1) is 5.56 Å². The normalized spacial score (nSPS) is 21.6. The van der Waals surface area contributed by atoms with Gasteiger partial charge >= 0.3 is 0 Å². The molecular weight excluding hydrogens is 302 g/mol. The van der Waals surface area contributed by atoms with Gasteiger partial charge in [-0.15, -0.1) is 0 Å². The first-order chi connectivity index (χ1) is 11.7. The topological polar surface area (TPSA) is 68.4 Å². The molecule has 0 saturated carbocycles. The van der Waals surface area contributed by atoms with E-state index in [9.17, 15) is 9.90 Å². The summed E-state index contributed by atoms with van der Waals surface area (Å²) in [5.74, 6) is 0.0407. The van der Waals surface area contributed by atoms with Crippen molar-refractivity contribution in [3.05, 3.63) is 59.4 Å². The predicted molar refractivity (Wildman–Crippen MR) is 93.7 cm³/mol. The monoisotopic (exact) mass is 327 g/mol. The minimum absolute atomic E-state index is 0.0331. The van der Waals surface area contributed by atoms with Crippen LogP contribution in [0.3, 0.4) is 0 Å². The number of carbonyl (C=O) groups is 1. The number of aromatic amines is 1. The second-order valence-electron chi connectivity index (χ2n) is 6.55. The molecule has 1 amide bonds. The molecule has 2 aromatic rings. The lowest BCUT2D eigenvalue weighted by Gasteiger charge is -2.38. The van der Waals surface area contributed by atoms with Crippen LogP contribution in [0.15, 0.2) is 42.6 Å². The van der Waals surface area contributed by atoms with Crippen LogP contribution in [0, 0.1) is 12.8 Å². The van der Waals surface area contributed by atoms with Crippen LogP contribution in [0.5, 0.6) is 0 Å². The van der Waals surface area contributed by atoms with Gasteiger partial charge < -0.3 is 15.4 Å². The average Bonchev–Trinajstić information content (AvgIpc) is 3.02. The zero-order chi connectivity index (χ0) is 16.9. The fourth-order valence-electron chi connectivity index (χ4n) is 3.38. The van der Waals surface area contributed by atoms with Crippen LogP contribution in [0.4, 0.5) is 0 Å². The summed E-state index contributed by atoms with van der Waals surface area (Å²) in [4.78, 5) is 17.9. The molecule has 1 aromatic heterocycles. The number of hydrogen-bond donors (Lipinski definition) is 3. The highest BCUT2D eigenvalue weighted by molar-refractivity contribution is 5.95. The highest BCUT2D eigenvalue weighted by atomic mass is 16.3. The molecule has 0 aliphatic carbocycles. The first kappa shape index (κ1) is 16.7. The van der Waals surface area contributed by atoms with Crippen molar-refractivity contribution in [1.82, 2.24) is 15.2 Å². The third-order valence-corrected chi connectivity index (χ3v) is 4.84. The third kappa shape index (κ3) is 3.86. The van der Waals surface area contributed by atoms with Crippen LogP contribution in [0.1, 0.15) is 28.0 Å². The molecule has 1 aromatic carbocycles. The van der Waals surface area contributed by atoms with Gasteiger partial charge in [-0.05, 0) is 31.5 Å². The second kappa shape index (κ2) is 7.64. The van der Waals surface area contributed by atoms with Gasteiger partial charge in [0, 0.05) is 43.5 Å². The fourth-order valence-corrected chi connectivity index (χ4v) is 3.38. The quantitative estimate of drug-likeness (QED) is 0.786. The maximum atomic E-state index is 12.5. The number of benzene rings is 1. The molecule has 3 rings (SSSR count). The number of nitrogens with one attached hydrogen (secondary N) is 2. The Balaban J connectivity index is 1.65. The second-order valence-corrected chi connectivity index (χ2v) is 6.55. The van der Waals surface area contributed by atoms with E-state index in [0.29, 0.717) is 5.56 Å². The summed E-state index contributed by atoms with van der Waals surface area (Å²) in [6.45, 7) is 4.57. The van der Waals surface area contributed by atoms with Crippen molar-refractivity contribution in [2.75, 3.05) is 19.7 Å². The molecule has 5 heteroatoms. The number of aliphatic hydroxyl groups is 1. The fraction of sp³-hybridized carbons (Fsp3) is 0.421. The number of nitrogens with zero attached hydrogens (tertiary/aromatic N) is 1. The lowest BCUT2D eigenvalue weighted by atomic mass is 9.91. The van der Waals surface area contributed by atoms with Crippen LogP contribution in [-0.2, 0) is 6.54 Å². The maximum absolute atomic E-state index is 12.5. The standard InChI is InChI=1S/C19H25N3O2/c1-14-17(7-9-20-14)19(24)21-18-12-22(10-8-16(18)13-23)11-15-5-3-2-4-6-15/h2-7,9,16,18,20,23H,8,10-13H2,1H3,(H,21,24)/t16-,18+/m1/s1. The van der Waals surface area contributed by atoms with Crippen LogP contribution in [0.25, 0.3) is 0 Å². The van der Waals surface area contributed by atoms with E-state index in [1.807, 2.05) is 25.1 Å². The molecule has 1 aliphatic heterocycles. The van der Waals surface area contributed by atoms with Gasteiger partial charge in [-0.3, -0.25) is 9.69 Å². The molecule has 2 heterocycles. The average molecular weight is 327 g/mol. The Bertz CT molecular complexity index is 668. The van der Waals surface area contributed by atoms with E-state index in [1.54, 1.807) is 12.3 Å². The molecule has 5 nitrogen and oxygen atoms in total. The van der Waals surface area contributed by atoms with Gasteiger partial charge in [-0.2, -0.15) is 0 Å². The van der Waals surface area contributed by atoms with Crippen molar-refractivity contribution in [3.63, 3.8) is 0 Å². The molecule has 24 heavy (non-hydrogen) atoms. The molecule has 128 valence electrons. The molecule has 1 saturated heterocycles. The molecule has 2 atom stereocenters. The van der Waals surface area contributed by atoms with Gasteiger partial charge in [0.15, 0.2) is 0 Å².